The maximum atomic E-state index is 16.4. The first-order chi connectivity index (χ1) is 19.4. The van der Waals surface area contributed by atoms with Crippen molar-refractivity contribution < 1.29 is 17.6 Å². The van der Waals surface area contributed by atoms with E-state index in [1.165, 1.54) is 10.5 Å². The average molecular weight is 563 g/mol. The Hall–Kier alpha value is -3.80. The van der Waals surface area contributed by atoms with E-state index in [9.17, 15) is 8.42 Å². The molecule has 0 amide bonds. The van der Waals surface area contributed by atoms with Crippen molar-refractivity contribution >= 4 is 43.8 Å². The molecule has 0 radical (unpaired) electrons. The minimum atomic E-state index is -3.58. The number of para-hydroxylation sites is 1. The van der Waals surface area contributed by atoms with Crippen LogP contribution in [0.2, 0.25) is 0 Å². The van der Waals surface area contributed by atoms with E-state index in [0.717, 1.165) is 18.8 Å². The predicted octanol–water partition coefficient (Wildman–Crippen LogP) is 4.31. The van der Waals surface area contributed by atoms with E-state index in [1.807, 2.05) is 36.1 Å². The molecule has 4 heterocycles. The minimum absolute atomic E-state index is 0.284. The van der Waals surface area contributed by atoms with Crippen LogP contribution in [-0.2, 0) is 14.8 Å². The molecular weight excluding hydrogens is 531 g/mol. The highest BCUT2D eigenvalue weighted by atomic mass is 32.2. The molecule has 2 fully saturated rings. The highest BCUT2D eigenvalue weighted by Crippen LogP contribution is 2.40. The van der Waals surface area contributed by atoms with Gasteiger partial charge in [-0.15, -0.1) is 0 Å². The van der Waals surface area contributed by atoms with Gasteiger partial charge in [0.05, 0.1) is 53.1 Å². The number of aromatic nitrogens is 2. The quantitative estimate of drug-likeness (QED) is 0.322. The summed E-state index contributed by atoms with van der Waals surface area (Å²) in [5.41, 5.74) is 2.92. The van der Waals surface area contributed by atoms with Gasteiger partial charge < -0.3 is 14.5 Å². The van der Waals surface area contributed by atoms with Crippen LogP contribution in [0.5, 0.6) is 0 Å². The molecule has 2 aliphatic heterocycles. The smallest absolute Gasteiger partial charge is 0.243 e. The molecular formula is C29H31FN6O3S. The first-order valence-electron chi connectivity index (χ1n) is 13.4. The Morgan fingerprint density at radius 2 is 1.57 bits per heavy atom. The van der Waals surface area contributed by atoms with Crippen LogP contribution < -0.4 is 14.9 Å². The zero-order valence-corrected chi connectivity index (χ0v) is 23.1. The molecule has 2 saturated heterocycles. The predicted molar refractivity (Wildman–Crippen MR) is 154 cm³/mol. The number of piperazine rings is 1. The Kier molecular flexibility index (Phi) is 7.26. The zero-order valence-electron chi connectivity index (χ0n) is 22.3. The lowest BCUT2D eigenvalue weighted by atomic mass is 10.1. The highest BCUT2D eigenvalue weighted by Gasteiger charge is 2.30. The van der Waals surface area contributed by atoms with Crippen LogP contribution >= 0.6 is 0 Å². The highest BCUT2D eigenvalue weighted by molar-refractivity contribution is 7.89. The molecule has 2 aliphatic rings. The number of hydrogen-bond acceptors (Lipinski definition) is 8. The number of pyridine rings is 2. The van der Waals surface area contributed by atoms with E-state index in [-0.39, 0.29) is 4.90 Å². The summed E-state index contributed by atoms with van der Waals surface area (Å²) in [4.78, 5) is 13.7. The zero-order chi connectivity index (χ0) is 27.7. The SMILES string of the molecule is Cc1c(N2CCN(S(=O)(=O)c3ccccc3)CC2)nc2ccccc2c1N(F)c1cncc(N2CCOCC2)c1. The second kappa shape index (κ2) is 11.0. The molecule has 2 aromatic heterocycles. The molecule has 0 atom stereocenters. The van der Waals surface area contributed by atoms with Crippen molar-refractivity contribution in [2.24, 2.45) is 0 Å². The topological polar surface area (TPSA) is 82.1 Å². The van der Waals surface area contributed by atoms with Gasteiger partial charge in [0.25, 0.3) is 0 Å². The fourth-order valence-corrected chi connectivity index (χ4v) is 6.81. The Bertz CT molecular complexity index is 1610. The summed E-state index contributed by atoms with van der Waals surface area (Å²) in [7, 11) is -3.58. The normalized spacial score (nSPS) is 16.9. The van der Waals surface area contributed by atoms with Crippen molar-refractivity contribution in [3.05, 3.63) is 78.6 Å². The number of fused-ring (bicyclic) bond motifs is 1. The lowest BCUT2D eigenvalue weighted by Crippen LogP contribution is -2.49. The largest absolute Gasteiger partial charge is 0.378 e. The van der Waals surface area contributed by atoms with Crippen LogP contribution in [0.4, 0.5) is 27.4 Å². The summed E-state index contributed by atoms with van der Waals surface area (Å²) < 4.78 is 49.6. The molecule has 208 valence electrons. The van der Waals surface area contributed by atoms with Gasteiger partial charge in [-0.3, -0.25) is 4.98 Å². The second-order valence-electron chi connectivity index (χ2n) is 9.91. The second-order valence-corrected chi connectivity index (χ2v) is 11.8. The number of benzene rings is 2. The van der Waals surface area contributed by atoms with Crippen molar-refractivity contribution in [1.29, 1.82) is 0 Å². The standard InChI is InChI=1S/C29H31FN6O3S/c1-22-28(36(30)24-19-23(20-31-21-24)33-15-17-39-18-16-33)26-9-5-6-10-27(26)32-29(22)34-11-13-35(14-12-34)40(37,38)25-7-3-2-4-8-25/h2-10,19-21H,11-18H2,1H3. The number of morpholine rings is 1. The van der Waals surface area contributed by atoms with Crippen LogP contribution in [0.3, 0.4) is 0 Å². The molecule has 40 heavy (non-hydrogen) atoms. The van der Waals surface area contributed by atoms with Gasteiger partial charge in [-0.05, 0) is 31.2 Å². The fraction of sp³-hybridized carbons (Fsp3) is 0.310. The van der Waals surface area contributed by atoms with Crippen LogP contribution in [-0.4, -0.2) is 75.2 Å². The van der Waals surface area contributed by atoms with Crippen molar-refractivity contribution in [3.8, 4) is 0 Å². The van der Waals surface area contributed by atoms with Gasteiger partial charge in [0.15, 0.2) is 0 Å². The molecule has 4 aromatic rings. The van der Waals surface area contributed by atoms with Crippen LogP contribution in [0.15, 0.2) is 78.0 Å². The van der Waals surface area contributed by atoms with E-state index in [1.54, 1.807) is 42.6 Å². The monoisotopic (exact) mass is 562 g/mol. The first-order valence-corrected chi connectivity index (χ1v) is 14.8. The molecule has 2 aromatic carbocycles. The van der Waals surface area contributed by atoms with Gasteiger partial charge in [0.1, 0.15) is 5.82 Å². The molecule has 0 N–H and O–H groups in total. The molecule has 0 aliphatic carbocycles. The van der Waals surface area contributed by atoms with Gasteiger partial charge in [-0.2, -0.15) is 9.43 Å². The van der Waals surface area contributed by atoms with E-state index in [0.29, 0.717) is 78.2 Å². The summed E-state index contributed by atoms with van der Waals surface area (Å²) in [5, 5.41) is 1.38. The third kappa shape index (κ3) is 4.96. The molecule has 0 spiro atoms. The number of hydrogen-bond donors (Lipinski definition) is 0. The third-order valence-corrected chi connectivity index (χ3v) is 9.42. The number of sulfonamides is 1. The van der Waals surface area contributed by atoms with Gasteiger partial charge in [-0.1, -0.05) is 40.9 Å². The summed E-state index contributed by atoms with van der Waals surface area (Å²) in [6.45, 7) is 6.08. The lowest BCUT2D eigenvalue weighted by Gasteiger charge is -2.36. The van der Waals surface area contributed by atoms with E-state index in [2.05, 4.69) is 9.88 Å². The molecule has 0 unspecified atom stereocenters. The summed E-state index contributed by atoms with van der Waals surface area (Å²) in [6.07, 6.45) is 3.26. The summed E-state index contributed by atoms with van der Waals surface area (Å²) in [5.74, 6) is 0.644. The number of ether oxygens (including phenoxy) is 1. The molecule has 9 nitrogen and oxygen atoms in total. The van der Waals surface area contributed by atoms with E-state index >= 15 is 4.48 Å². The Labute approximate surface area is 233 Å². The number of nitrogens with zero attached hydrogens (tertiary/aromatic N) is 6. The maximum absolute atomic E-state index is 16.4. The van der Waals surface area contributed by atoms with Crippen LogP contribution in [0.1, 0.15) is 5.56 Å². The number of anilines is 4. The number of halogens is 1. The van der Waals surface area contributed by atoms with Crippen molar-refractivity contribution in [1.82, 2.24) is 14.3 Å². The van der Waals surface area contributed by atoms with Gasteiger partial charge in [-0.25, -0.2) is 13.4 Å². The lowest BCUT2D eigenvalue weighted by molar-refractivity contribution is 0.122. The van der Waals surface area contributed by atoms with E-state index < -0.39 is 10.0 Å². The molecule has 6 rings (SSSR count). The Balaban J connectivity index is 1.31. The van der Waals surface area contributed by atoms with E-state index in [4.69, 9.17) is 9.72 Å². The first kappa shape index (κ1) is 26.4. The van der Waals surface area contributed by atoms with Gasteiger partial charge in [0, 0.05) is 50.2 Å². The Morgan fingerprint density at radius 3 is 2.33 bits per heavy atom. The van der Waals surface area contributed by atoms with Crippen molar-refractivity contribution in [2.45, 2.75) is 11.8 Å². The summed E-state index contributed by atoms with van der Waals surface area (Å²) in [6, 6.07) is 17.8. The van der Waals surface area contributed by atoms with Gasteiger partial charge in [0.2, 0.25) is 10.0 Å². The average Bonchev–Trinajstić information content (AvgIpc) is 3.01. The third-order valence-electron chi connectivity index (χ3n) is 7.50. The fourth-order valence-electron chi connectivity index (χ4n) is 5.37. The molecule has 0 bridgehead atoms. The Morgan fingerprint density at radius 1 is 0.875 bits per heavy atom. The molecule has 0 saturated carbocycles. The van der Waals surface area contributed by atoms with Crippen molar-refractivity contribution in [3.63, 3.8) is 0 Å². The van der Waals surface area contributed by atoms with Crippen LogP contribution in [0.25, 0.3) is 10.9 Å². The van der Waals surface area contributed by atoms with Crippen LogP contribution in [0, 0.1) is 6.92 Å². The minimum Gasteiger partial charge on any atom is -0.378 e. The summed E-state index contributed by atoms with van der Waals surface area (Å²) >= 11 is 0. The maximum Gasteiger partial charge on any atom is 0.243 e. The van der Waals surface area contributed by atoms with Gasteiger partial charge >= 0.3 is 0 Å². The van der Waals surface area contributed by atoms with Crippen molar-refractivity contribution in [2.75, 3.05) is 67.4 Å². The number of rotatable bonds is 6. The molecule has 11 heteroatoms.